The Morgan fingerprint density at radius 2 is 2.04 bits per heavy atom. The molecule has 1 N–H and O–H groups in total. The van der Waals surface area contributed by atoms with Gasteiger partial charge in [0.2, 0.25) is 10.0 Å². The van der Waals surface area contributed by atoms with Crippen LogP contribution < -0.4 is 9.83 Å². The molecular weight excluding hydrogens is 334 g/mol. The van der Waals surface area contributed by atoms with Gasteiger partial charge in [-0.3, -0.25) is 0 Å². The summed E-state index contributed by atoms with van der Waals surface area (Å²) in [6.45, 7) is 0.380. The fraction of sp³-hybridized carbons (Fsp3) is 0.312. The molecule has 0 saturated heterocycles. The molecule has 5 nitrogen and oxygen atoms in total. The second-order valence-corrected chi connectivity index (χ2v) is 8.65. The lowest BCUT2D eigenvalue weighted by atomic mass is 10.0. The molecule has 1 atom stereocenters. The second-order valence-electron chi connectivity index (χ2n) is 5.71. The SMILES string of the molecule is O=C([O-])Cc1ccc2c(c1)CC(CNS(=O)(=O)c1cccs1)C2. The summed E-state index contributed by atoms with van der Waals surface area (Å²) in [6, 6.07) is 8.92. The molecular formula is C16H16NO4S2-. The number of carboxylic acid groups (broad SMARTS) is 1. The van der Waals surface area contributed by atoms with Crippen molar-refractivity contribution in [2.24, 2.45) is 5.92 Å². The number of fused-ring (bicyclic) bond motifs is 1. The number of rotatable bonds is 6. The molecule has 0 aliphatic heterocycles. The molecule has 0 radical (unpaired) electrons. The molecule has 1 unspecified atom stereocenters. The number of carboxylic acids is 1. The first-order valence-corrected chi connectivity index (χ1v) is 9.64. The van der Waals surface area contributed by atoms with Crippen LogP contribution in [-0.4, -0.2) is 20.9 Å². The predicted octanol–water partition coefficient (Wildman–Crippen LogP) is 0.734. The monoisotopic (exact) mass is 350 g/mol. The third kappa shape index (κ3) is 3.80. The van der Waals surface area contributed by atoms with Crippen LogP contribution in [0.5, 0.6) is 0 Å². The van der Waals surface area contributed by atoms with E-state index in [-0.39, 0.29) is 12.3 Å². The van der Waals surface area contributed by atoms with Crippen LogP contribution in [0.1, 0.15) is 16.7 Å². The van der Waals surface area contributed by atoms with Gasteiger partial charge in [0, 0.05) is 18.9 Å². The second kappa shape index (κ2) is 6.43. The average Bonchev–Trinajstić information content (AvgIpc) is 3.13. The molecule has 7 heteroatoms. The van der Waals surface area contributed by atoms with E-state index in [9.17, 15) is 18.3 Å². The highest BCUT2D eigenvalue weighted by molar-refractivity contribution is 7.91. The van der Waals surface area contributed by atoms with E-state index in [2.05, 4.69) is 4.72 Å². The highest BCUT2D eigenvalue weighted by Gasteiger charge is 2.24. The molecule has 1 aliphatic rings. The molecule has 0 amide bonds. The first-order chi connectivity index (χ1) is 10.9. The summed E-state index contributed by atoms with van der Waals surface area (Å²) in [5, 5.41) is 12.4. The summed E-state index contributed by atoms with van der Waals surface area (Å²) >= 11 is 1.20. The third-order valence-electron chi connectivity index (χ3n) is 3.96. The molecule has 1 aromatic heterocycles. The molecule has 1 aliphatic carbocycles. The van der Waals surface area contributed by atoms with Crippen LogP contribution in [0.4, 0.5) is 0 Å². The van der Waals surface area contributed by atoms with E-state index in [4.69, 9.17) is 0 Å². The van der Waals surface area contributed by atoms with Gasteiger partial charge in [0.25, 0.3) is 0 Å². The van der Waals surface area contributed by atoms with E-state index in [1.165, 1.54) is 11.3 Å². The van der Waals surface area contributed by atoms with E-state index in [1.54, 1.807) is 23.6 Å². The summed E-state index contributed by atoms with van der Waals surface area (Å²) < 4.78 is 27.2. The minimum Gasteiger partial charge on any atom is -0.550 e. The Bertz CT molecular complexity index is 813. The maximum atomic E-state index is 12.1. The van der Waals surface area contributed by atoms with Crippen molar-refractivity contribution in [3.05, 3.63) is 52.4 Å². The summed E-state index contributed by atoms with van der Waals surface area (Å²) in [7, 11) is -3.43. The molecule has 23 heavy (non-hydrogen) atoms. The Hall–Kier alpha value is -1.70. The third-order valence-corrected chi connectivity index (χ3v) is 6.78. The predicted molar refractivity (Wildman–Crippen MR) is 85.6 cm³/mol. The van der Waals surface area contributed by atoms with Crippen LogP contribution in [0.25, 0.3) is 0 Å². The maximum absolute atomic E-state index is 12.1. The lowest BCUT2D eigenvalue weighted by Crippen LogP contribution is -2.29. The normalized spacial score (nSPS) is 17.1. The van der Waals surface area contributed by atoms with Crippen LogP contribution in [0.3, 0.4) is 0 Å². The maximum Gasteiger partial charge on any atom is 0.250 e. The van der Waals surface area contributed by atoms with Gasteiger partial charge in [0.1, 0.15) is 4.21 Å². The van der Waals surface area contributed by atoms with Crippen molar-refractivity contribution in [1.82, 2.24) is 4.72 Å². The van der Waals surface area contributed by atoms with E-state index in [0.29, 0.717) is 10.8 Å². The van der Waals surface area contributed by atoms with E-state index in [1.807, 2.05) is 12.1 Å². The smallest absolute Gasteiger partial charge is 0.250 e. The molecule has 0 fully saturated rings. The fourth-order valence-corrected chi connectivity index (χ4v) is 5.05. The van der Waals surface area contributed by atoms with Crippen molar-refractivity contribution >= 4 is 27.3 Å². The van der Waals surface area contributed by atoms with Crippen molar-refractivity contribution in [3.63, 3.8) is 0 Å². The van der Waals surface area contributed by atoms with Gasteiger partial charge in [-0.1, -0.05) is 24.3 Å². The van der Waals surface area contributed by atoms with Gasteiger partial charge in [-0.25, -0.2) is 13.1 Å². The van der Waals surface area contributed by atoms with Gasteiger partial charge in [-0.2, -0.15) is 0 Å². The number of thiophene rings is 1. The quantitative estimate of drug-likeness (QED) is 0.832. The Balaban J connectivity index is 1.63. The van der Waals surface area contributed by atoms with E-state index < -0.39 is 16.0 Å². The Kier molecular flexibility index (Phi) is 4.52. The van der Waals surface area contributed by atoms with Gasteiger partial charge in [-0.05, 0) is 46.9 Å². The van der Waals surface area contributed by atoms with Gasteiger partial charge < -0.3 is 9.90 Å². The van der Waals surface area contributed by atoms with E-state index >= 15 is 0 Å². The molecule has 3 rings (SSSR count). The zero-order chi connectivity index (χ0) is 16.4. The highest BCUT2D eigenvalue weighted by Crippen LogP contribution is 2.28. The van der Waals surface area contributed by atoms with Crippen molar-refractivity contribution in [2.45, 2.75) is 23.5 Å². The number of carbonyl (C=O) groups excluding carboxylic acids is 1. The number of aliphatic carboxylic acids is 1. The average molecular weight is 350 g/mol. The minimum atomic E-state index is -3.43. The molecule has 0 bridgehead atoms. The molecule has 1 heterocycles. The number of benzene rings is 1. The number of carbonyl (C=O) groups is 1. The fourth-order valence-electron chi connectivity index (χ4n) is 2.90. The first-order valence-electron chi connectivity index (χ1n) is 7.28. The van der Waals surface area contributed by atoms with Crippen LogP contribution >= 0.6 is 11.3 Å². The van der Waals surface area contributed by atoms with Crippen molar-refractivity contribution < 1.29 is 18.3 Å². The molecule has 122 valence electrons. The number of nitrogens with one attached hydrogen (secondary N) is 1. The molecule has 2 aromatic rings. The van der Waals surface area contributed by atoms with Crippen LogP contribution in [0.15, 0.2) is 39.9 Å². The highest BCUT2D eigenvalue weighted by atomic mass is 32.2. The number of hydrogen-bond donors (Lipinski definition) is 1. The van der Waals surface area contributed by atoms with Crippen LogP contribution in [-0.2, 0) is 34.1 Å². The van der Waals surface area contributed by atoms with Gasteiger partial charge in [0.15, 0.2) is 0 Å². The summed E-state index contributed by atoms with van der Waals surface area (Å²) in [6.07, 6.45) is 1.46. The molecule has 0 spiro atoms. The standard InChI is InChI=1S/C16H17NO4S2/c18-15(19)9-11-3-4-13-7-12(8-14(13)6-11)10-17-23(20,21)16-2-1-5-22-16/h1-6,12,17H,7-10H2,(H,18,19)/p-1. The van der Waals surface area contributed by atoms with Crippen LogP contribution in [0, 0.1) is 5.92 Å². The topological polar surface area (TPSA) is 86.3 Å². The first kappa shape index (κ1) is 16.2. The van der Waals surface area contributed by atoms with Crippen LogP contribution in [0.2, 0.25) is 0 Å². The Morgan fingerprint density at radius 3 is 2.74 bits per heavy atom. The van der Waals surface area contributed by atoms with Crippen molar-refractivity contribution in [3.8, 4) is 0 Å². The summed E-state index contributed by atoms with van der Waals surface area (Å²) in [5.41, 5.74) is 2.99. The van der Waals surface area contributed by atoms with Gasteiger partial charge in [-0.15, -0.1) is 11.3 Å². The lowest BCUT2D eigenvalue weighted by molar-refractivity contribution is -0.304. The largest absolute Gasteiger partial charge is 0.550 e. The Morgan fingerprint density at radius 1 is 1.26 bits per heavy atom. The van der Waals surface area contributed by atoms with Gasteiger partial charge >= 0.3 is 0 Å². The lowest BCUT2D eigenvalue weighted by Gasteiger charge is -2.10. The molecule has 0 saturated carbocycles. The van der Waals surface area contributed by atoms with E-state index in [0.717, 1.165) is 29.5 Å². The number of hydrogen-bond acceptors (Lipinski definition) is 5. The summed E-state index contributed by atoms with van der Waals surface area (Å²) in [5.74, 6) is -0.902. The Labute approximate surface area is 139 Å². The zero-order valence-electron chi connectivity index (χ0n) is 12.3. The minimum absolute atomic E-state index is 0.0943. The van der Waals surface area contributed by atoms with Gasteiger partial charge in [0.05, 0.1) is 0 Å². The van der Waals surface area contributed by atoms with Crippen molar-refractivity contribution in [1.29, 1.82) is 0 Å². The summed E-state index contributed by atoms with van der Waals surface area (Å²) in [4.78, 5) is 10.7. The zero-order valence-corrected chi connectivity index (χ0v) is 14.0. The number of sulfonamides is 1. The van der Waals surface area contributed by atoms with Crippen molar-refractivity contribution in [2.75, 3.05) is 6.54 Å². The molecule has 1 aromatic carbocycles.